The van der Waals surface area contributed by atoms with Gasteiger partial charge in [-0.3, -0.25) is 4.79 Å². The van der Waals surface area contributed by atoms with E-state index in [1.807, 2.05) is 20.8 Å². The van der Waals surface area contributed by atoms with Crippen molar-refractivity contribution in [2.75, 3.05) is 0 Å². The third-order valence-corrected chi connectivity index (χ3v) is 2.28. The molecule has 0 aromatic heterocycles. The Morgan fingerprint density at radius 3 is 1.60 bits per heavy atom. The number of carbonyl (C=O) groups excluding carboxylic acids is 1. The van der Waals surface area contributed by atoms with Crippen molar-refractivity contribution in [2.24, 2.45) is 11.3 Å². The fraction of sp³-hybridized carbons (Fsp3) is 0.923. The number of Topliss-reactive ketones (excluding diaryl/α,β-unsaturated/α-hetero) is 1. The molecule has 0 saturated heterocycles. The van der Waals surface area contributed by atoms with Crippen LogP contribution in [0.4, 0.5) is 0 Å². The Morgan fingerprint density at radius 2 is 1.40 bits per heavy atom. The van der Waals surface area contributed by atoms with Gasteiger partial charge in [-0.2, -0.15) is 0 Å². The van der Waals surface area contributed by atoms with E-state index in [1.54, 1.807) is 0 Å². The Hall–Kier alpha value is -0.370. The van der Waals surface area contributed by atoms with Crippen LogP contribution in [0.25, 0.3) is 0 Å². The van der Waals surface area contributed by atoms with E-state index in [0.717, 1.165) is 0 Å². The smallest absolute Gasteiger partial charge is 0.155 e. The average molecular weight is 213 g/mol. The summed E-state index contributed by atoms with van der Waals surface area (Å²) in [4.78, 5) is 12.2. The Morgan fingerprint density at radius 1 is 1.00 bits per heavy atom. The monoisotopic (exact) mass is 213 g/mol. The van der Waals surface area contributed by atoms with Crippen molar-refractivity contribution in [3.63, 3.8) is 0 Å². The van der Waals surface area contributed by atoms with Gasteiger partial charge in [-0.15, -0.1) is 0 Å². The van der Waals surface area contributed by atoms with Crippen molar-refractivity contribution >= 4 is 5.78 Å². The highest BCUT2D eigenvalue weighted by atomic mass is 16.1. The summed E-state index contributed by atoms with van der Waals surface area (Å²) in [6.07, 6.45) is 0. The van der Waals surface area contributed by atoms with Crippen molar-refractivity contribution in [3.8, 4) is 0 Å². The Labute approximate surface area is 94.8 Å². The van der Waals surface area contributed by atoms with Gasteiger partial charge in [0.1, 0.15) is 0 Å². The SMILES string of the molecule is CC(C)[C@H](NC(C)(C)C)C(=O)C(C)(C)C. The summed E-state index contributed by atoms with van der Waals surface area (Å²) in [6.45, 7) is 16.4. The molecule has 0 spiro atoms. The molecule has 0 aliphatic carbocycles. The number of ketones is 1. The molecule has 1 atom stereocenters. The minimum absolute atomic E-state index is 0.0180. The maximum Gasteiger partial charge on any atom is 0.155 e. The lowest BCUT2D eigenvalue weighted by Crippen LogP contribution is -2.53. The summed E-state index contributed by atoms with van der Waals surface area (Å²) >= 11 is 0. The zero-order chi connectivity index (χ0) is 12.4. The third kappa shape index (κ3) is 5.31. The van der Waals surface area contributed by atoms with Gasteiger partial charge in [0.2, 0.25) is 0 Å². The normalized spacial score (nSPS) is 15.5. The highest BCUT2D eigenvalue weighted by molar-refractivity contribution is 5.89. The van der Waals surface area contributed by atoms with E-state index in [-0.39, 0.29) is 17.0 Å². The predicted octanol–water partition coefficient (Wildman–Crippen LogP) is 3.01. The van der Waals surface area contributed by atoms with Crippen LogP contribution in [0.2, 0.25) is 0 Å². The molecule has 15 heavy (non-hydrogen) atoms. The molecule has 0 aromatic rings. The molecule has 90 valence electrons. The summed E-state index contributed by atoms with van der Waals surface area (Å²) in [5, 5.41) is 3.41. The van der Waals surface area contributed by atoms with Gasteiger partial charge in [-0.05, 0) is 26.7 Å². The number of carbonyl (C=O) groups is 1. The Kier molecular flexibility index (Phi) is 4.53. The molecule has 0 aromatic carbocycles. The standard InChI is InChI=1S/C13H27NO/c1-9(2)10(14-13(6,7)8)11(15)12(3,4)5/h9-10,14H,1-8H3/t10-/m0/s1. The lowest BCUT2D eigenvalue weighted by Gasteiger charge is -2.34. The molecular weight excluding hydrogens is 186 g/mol. The second kappa shape index (κ2) is 4.65. The van der Waals surface area contributed by atoms with Crippen molar-refractivity contribution in [1.29, 1.82) is 0 Å². The van der Waals surface area contributed by atoms with E-state index < -0.39 is 0 Å². The first-order valence-electron chi connectivity index (χ1n) is 5.77. The van der Waals surface area contributed by atoms with Crippen molar-refractivity contribution in [2.45, 2.75) is 67.0 Å². The second-order valence-corrected chi connectivity index (χ2v) is 6.73. The number of hydrogen-bond donors (Lipinski definition) is 1. The lowest BCUT2D eigenvalue weighted by atomic mass is 9.81. The Balaban J connectivity index is 4.77. The largest absolute Gasteiger partial charge is 0.302 e. The molecule has 2 nitrogen and oxygen atoms in total. The highest BCUT2D eigenvalue weighted by Gasteiger charge is 2.33. The van der Waals surface area contributed by atoms with Crippen molar-refractivity contribution in [1.82, 2.24) is 5.32 Å². The highest BCUT2D eigenvalue weighted by Crippen LogP contribution is 2.21. The number of nitrogens with one attached hydrogen (secondary N) is 1. The van der Waals surface area contributed by atoms with Crippen LogP contribution in [-0.4, -0.2) is 17.4 Å². The lowest BCUT2D eigenvalue weighted by molar-refractivity contribution is -0.130. The van der Waals surface area contributed by atoms with Gasteiger partial charge in [0.25, 0.3) is 0 Å². The number of rotatable bonds is 3. The van der Waals surface area contributed by atoms with Gasteiger partial charge in [-0.1, -0.05) is 34.6 Å². The molecule has 0 amide bonds. The summed E-state index contributed by atoms with van der Waals surface area (Å²) < 4.78 is 0. The molecule has 0 aliphatic rings. The van der Waals surface area contributed by atoms with E-state index in [9.17, 15) is 4.79 Å². The van der Waals surface area contributed by atoms with Crippen LogP contribution in [0.5, 0.6) is 0 Å². The van der Waals surface area contributed by atoms with Gasteiger partial charge >= 0.3 is 0 Å². The molecule has 0 heterocycles. The first kappa shape index (κ1) is 14.6. The molecule has 2 heteroatoms. The van der Waals surface area contributed by atoms with Crippen LogP contribution in [0.3, 0.4) is 0 Å². The minimum Gasteiger partial charge on any atom is -0.302 e. The molecule has 0 fully saturated rings. The fourth-order valence-electron chi connectivity index (χ4n) is 1.47. The quantitative estimate of drug-likeness (QED) is 0.781. The third-order valence-electron chi connectivity index (χ3n) is 2.28. The Bertz CT molecular complexity index is 218. The van der Waals surface area contributed by atoms with Gasteiger partial charge in [0.05, 0.1) is 6.04 Å². The molecule has 0 bridgehead atoms. The van der Waals surface area contributed by atoms with E-state index in [0.29, 0.717) is 11.7 Å². The number of hydrogen-bond acceptors (Lipinski definition) is 2. The van der Waals surface area contributed by atoms with Crippen molar-refractivity contribution < 1.29 is 4.79 Å². The van der Waals surface area contributed by atoms with Gasteiger partial charge in [-0.25, -0.2) is 0 Å². The zero-order valence-corrected chi connectivity index (χ0v) is 11.6. The van der Waals surface area contributed by atoms with E-state index in [1.165, 1.54) is 0 Å². The molecule has 0 rings (SSSR count). The summed E-state index contributed by atoms with van der Waals surface area (Å²) in [6, 6.07) is -0.0509. The molecule has 0 radical (unpaired) electrons. The summed E-state index contributed by atoms with van der Waals surface area (Å²) in [5.41, 5.74) is -0.289. The predicted molar refractivity (Wildman–Crippen MR) is 66.0 cm³/mol. The minimum atomic E-state index is -0.271. The zero-order valence-electron chi connectivity index (χ0n) is 11.6. The van der Waals surface area contributed by atoms with Crippen LogP contribution in [0.15, 0.2) is 0 Å². The molecular formula is C13H27NO. The van der Waals surface area contributed by atoms with Gasteiger partial charge in [0.15, 0.2) is 5.78 Å². The van der Waals surface area contributed by atoms with Gasteiger partial charge < -0.3 is 5.32 Å². The van der Waals surface area contributed by atoms with E-state index in [4.69, 9.17) is 0 Å². The topological polar surface area (TPSA) is 29.1 Å². The first-order chi connectivity index (χ1) is 6.45. The molecule has 0 aliphatic heterocycles. The van der Waals surface area contributed by atoms with Crippen LogP contribution in [0.1, 0.15) is 55.4 Å². The molecule has 0 unspecified atom stereocenters. The first-order valence-corrected chi connectivity index (χ1v) is 5.77. The maximum atomic E-state index is 12.2. The second-order valence-electron chi connectivity index (χ2n) is 6.73. The van der Waals surface area contributed by atoms with Gasteiger partial charge in [0, 0.05) is 11.0 Å². The van der Waals surface area contributed by atoms with Crippen LogP contribution in [0, 0.1) is 11.3 Å². The summed E-state index contributed by atoms with van der Waals surface area (Å²) in [5.74, 6) is 0.628. The summed E-state index contributed by atoms with van der Waals surface area (Å²) in [7, 11) is 0. The molecule has 1 N–H and O–H groups in total. The average Bonchev–Trinajstić information content (AvgIpc) is 1.94. The van der Waals surface area contributed by atoms with E-state index in [2.05, 4.69) is 39.9 Å². The van der Waals surface area contributed by atoms with Crippen LogP contribution in [-0.2, 0) is 4.79 Å². The van der Waals surface area contributed by atoms with Crippen molar-refractivity contribution in [3.05, 3.63) is 0 Å². The fourth-order valence-corrected chi connectivity index (χ4v) is 1.47. The van der Waals surface area contributed by atoms with E-state index >= 15 is 0 Å². The van der Waals surface area contributed by atoms with Crippen LogP contribution >= 0.6 is 0 Å². The van der Waals surface area contributed by atoms with Crippen LogP contribution < -0.4 is 5.32 Å². The maximum absolute atomic E-state index is 12.2. The molecule has 0 saturated carbocycles.